The van der Waals surface area contributed by atoms with Gasteiger partial charge in [-0.25, -0.2) is 12.8 Å². The third kappa shape index (κ3) is 5.02. The van der Waals surface area contributed by atoms with Crippen molar-refractivity contribution in [2.75, 3.05) is 37.9 Å². The van der Waals surface area contributed by atoms with Crippen LogP contribution in [-0.4, -0.2) is 52.8 Å². The maximum absolute atomic E-state index is 14.3. The van der Waals surface area contributed by atoms with E-state index in [1.165, 1.54) is 44.6 Å². The van der Waals surface area contributed by atoms with Gasteiger partial charge in [0.15, 0.2) is 11.5 Å². The van der Waals surface area contributed by atoms with Crippen molar-refractivity contribution in [3.8, 4) is 11.5 Å². The predicted molar refractivity (Wildman–Crippen MR) is 114 cm³/mol. The highest BCUT2D eigenvalue weighted by Gasteiger charge is 2.28. The number of hydrogen-bond donors (Lipinski definition) is 0. The summed E-state index contributed by atoms with van der Waals surface area (Å²) in [6.07, 6.45) is 1.01. The van der Waals surface area contributed by atoms with E-state index < -0.39 is 15.8 Å². The average molecular weight is 439 g/mol. The summed E-state index contributed by atoms with van der Waals surface area (Å²) in [5.74, 6) is -0.358. The molecular weight excluding hydrogens is 411 g/mol. The third-order valence-corrected chi connectivity index (χ3v) is 5.85. The number of nitrogens with zero attached hydrogens (tertiary/aromatic N) is 2. The van der Waals surface area contributed by atoms with Gasteiger partial charge in [-0.1, -0.05) is 18.2 Å². The fourth-order valence-corrected chi connectivity index (χ4v) is 3.97. The second-order valence-corrected chi connectivity index (χ2v) is 8.47. The second kappa shape index (κ2) is 9.80. The van der Waals surface area contributed by atoms with E-state index in [1.807, 2.05) is 13.8 Å². The van der Waals surface area contributed by atoms with Crippen LogP contribution in [0.4, 0.5) is 10.1 Å². The van der Waals surface area contributed by atoms with E-state index in [0.717, 1.165) is 10.6 Å². The molecule has 30 heavy (non-hydrogen) atoms. The van der Waals surface area contributed by atoms with Crippen LogP contribution in [0.3, 0.4) is 0 Å². The molecule has 1 amide bonds. The van der Waals surface area contributed by atoms with Gasteiger partial charge in [0, 0.05) is 24.7 Å². The number of sulfonamides is 1. The maximum atomic E-state index is 14.3. The van der Waals surface area contributed by atoms with Crippen molar-refractivity contribution in [2.24, 2.45) is 0 Å². The zero-order valence-electron chi connectivity index (χ0n) is 17.8. The van der Waals surface area contributed by atoms with Crippen molar-refractivity contribution in [3.63, 3.8) is 0 Å². The first-order chi connectivity index (χ1) is 14.2. The minimum atomic E-state index is -3.87. The van der Waals surface area contributed by atoms with Crippen LogP contribution in [0, 0.1) is 5.82 Å². The lowest BCUT2D eigenvalue weighted by atomic mass is 10.1. The first kappa shape index (κ1) is 23.5. The fourth-order valence-electron chi connectivity index (χ4n) is 3.09. The first-order valence-corrected chi connectivity index (χ1v) is 11.3. The van der Waals surface area contributed by atoms with Gasteiger partial charge < -0.3 is 14.4 Å². The molecule has 0 heterocycles. The van der Waals surface area contributed by atoms with Gasteiger partial charge in [-0.05, 0) is 26.0 Å². The summed E-state index contributed by atoms with van der Waals surface area (Å²) in [6, 6.07) is 8.78. The average Bonchev–Trinajstić information content (AvgIpc) is 2.72. The number of ether oxygens (including phenoxy) is 2. The van der Waals surface area contributed by atoms with E-state index in [0.29, 0.717) is 13.1 Å². The summed E-state index contributed by atoms with van der Waals surface area (Å²) < 4.78 is 51.3. The van der Waals surface area contributed by atoms with Crippen molar-refractivity contribution in [1.82, 2.24) is 4.90 Å². The van der Waals surface area contributed by atoms with Crippen LogP contribution in [0.5, 0.6) is 11.5 Å². The minimum absolute atomic E-state index is 0.0929. The van der Waals surface area contributed by atoms with Gasteiger partial charge in [0.2, 0.25) is 10.0 Å². The quantitative estimate of drug-likeness (QED) is 0.601. The number of hydrogen-bond acceptors (Lipinski definition) is 5. The van der Waals surface area contributed by atoms with Crippen LogP contribution in [0.25, 0.3) is 0 Å². The molecule has 2 aromatic carbocycles. The van der Waals surface area contributed by atoms with Gasteiger partial charge in [0.1, 0.15) is 5.82 Å². The first-order valence-electron chi connectivity index (χ1n) is 9.44. The molecule has 0 fully saturated rings. The molecule has 0 saturated heterocycles. The molecule has 0 aliphatic rings. The Kier molecular flexibility index (Phi) is 7.66. The highest BCUT2D eigenvalue weighted by molar-refractivity contribution is 7.92. The molecule has 0 saturated carbocycles. The molecule has 2 rings (SSSR count). The Hall–Kier alpha value is -2.81. The zero-order valence-corrected chi connectivity index (χ0v) is 18.6. The number of benzene rings is 2. The molecule has 0 spiro atoms. The molecule has 2 aromatic rings. The van der Waals surface area contributed by atoms with Crippen molar-refractivity contribution >= 4 is 21.6 Å². The highest BCUT2D eigenvalue weighted by atomic mass is 32.2. The molecule has 0 atom stereocenters. The summed E-state index contributed by atoms with van der Waals surface area (Å²) in [5, 5.41) is 0. The molecule has 7 nitrogen and oxygen atoms in total. The number of amides is 1. The van der Waals surface area contributed by atoms with Crippen molar-refractivity contribution < 1.29 is 27.1 Å². The molecule has 0 aliphatic carbocycles. The summed E-state index contributed by atoms with van der Waals surface area (Å²) >= 11 is 0. The Bertz CT molecular complexity index is 1010. The molecule has 0 radical (unpaired) electrons. The lowest BCUT2D eigenvalue weighted by Crippen LogP contribution is -2.35. The maximum Gasteiger partial charge on any atom is 0.256 e. The number of anilines is 1. The Morgan fingerprint density at radius 1 is 1.03 bits per heavy atom. The molecule has 0 unspecified atom stereocenters. The summed E-state index contributed by atoms with van der Waals surface area (Å²) in [4.78, 5) is 14.7. The van der Waals surface area contributed by atoms with Gasteiger partial charge in [0.05, 0.1) is 38.3 Å². The SMILES string of the molecule is CCN(CC)C(=O)c1cc(OC)c(OC)cc1N(Cc1ccccc1F)S(C)(=O)=O. The van der Waals surface area contributed by atoms with E-state index in [-0.39, 0.29) is 40.8 Å². The number of rotatable bonds is 9. The summed E-state index contributed by atoms with van der Waals surface area (Å²) in [6.45, 7) is 4.26. The van der Waals surface area contributed by atoms with Crippen LogP contribution in [-0.2, 0) is 16.6 Å². The number of carbonyl (C=O) groups is 1. The largest absolute Gasteiger partial charge is 0.493 e. The van der Waals surface area contributed by atoms with Crippen LogP contribution >= 0.6 is 0 Å². The Labute approximate surface area is 177 Å². The van der Waals surface area contributed by atoms with Crippen LogP contribution < -0.4 is 13.8 Å². The third-order valence-electron chi connectivity index (χ3n) is 4.72. The number of methoxy groups -OCH3 is 2. The van der Waals surface area contributed by atoms with E-state index in [4.69, 9.17) is 9.47 Å². The van der Waals surface area contributed by atoms with Crippen LogP contribution in [0.2, 0.25) is 0 Å². The standard InChI is InChI=1S/C21H27FN2O5S/c1-6-23(7-2)21(25)16-12-19(28-3)20(29-4)13-18(16)24(30(5,26)27)14-15-10-8-9-11-17(15)22/h8-13H,6-7,14H2,1-5H3. The van der Waals surface area contributed by atoms with E-state index in [9.17, 15) is 17.6 Å². The molecule has 9 heteroatoms. The Balaban J connectivity index is 2.75. The second-order valence-electron chi connectivity index (χ2n) is 6.56. The summed E-state index contributed by atoms with van der Waals surface area (Å²) in [7, 11) is -1.03. The van der Waals surface area contributed by atoms with Crippen molar-refractivity contribution in [3.05, 3.63) is 53.3 Å². The van der Waals surface area contributed by atoms with Gasteiger partial charge in [0.25, 0.3) is 5.91 Å². The van der Waals surface area contributed by atoms with Gasteiger partial charge in [-0.3, -0.25) is 9.10 Å². The monoisotopic (exact) mass is 438 g/mol. The van der Waals surface area contributed by atoms with Gasteiger partial charge in [-0.2, -0.15) is 0 Å². The Morgan fingerprint density at radius 3 is 2.10 bits per heavy atom. The predicted octanol–water partition coefficient (Wildman–Crippen LogP) is 3.29. The highest BCUT2D eigenvalue weighted by Crippen LogP contribution is 2.37. The van der Waals surface area contributed by atoms with Gasteiger partial charge >= 0.3 is 0 Å². The zero-order chi connectivity index (χ0) is 22.5. The van der Waals surface area contributed by atoms with Crippen molar-refractivity contribution in [2.45, 2.75) is 20.4 Å². The molecule has 0 aliphatic heterocycles. The van der Waals surface area contributed by atoms with Crippen LogP contribution in [0.1, 0.15) is 29.8 Å². The number of carbonyl (C=O) groups excluding carboxylic acids is 1. The Morgan fingerprint density at radius 2 is 1.60 bits per heavy atom. The lowest BCUT2D eigenvalue weighted by molar-refractivity contribution is 0.0773. The van der Waals surface area contributed by atoms with E-state index >= 15 is 0 Å². The molecule has 164 valence electrons. The number of halogens is 1. The normalized spacial score (nSPS) is 11.1. The molecule has 0 aromatic heterocycles. The smallest absolute Gasteiger partial charge is 0.256 e. The lowest BCUT2D eigenvalue weighted by Gasteiger charge is -2.28. The topological polar surface area (TPSA) is 76.2 Å². The van der Waals surface area contributed by atoms with E-state index in [2.05, 4.69) is 0 Å². The summed E-state index contributed by atoms with van der Waals surface area (Å²) in [5.41, 5.74) is 0.396. The van der Waals surface area contributed by atoms with Crippen LogP contribution in [0.15, 0.2) is 36.4 Å². The van der Waals surface area contributed by atoms with E-state index in [1.54, 1.807) is 11.0 Å². The molecule has 0 bridgehead atoms. The fraction of sp³-hybridized carbons (Fsp3) is 0.381. The van der Waals surface area contributed by atoms with Crippen molar-refractivity contribution in [1.29, 1.82) is 0 Å². The molecular formula is C21H27FN2O5S. The minimum Gasteiger partial charge on any atom is -0.493 e. The molecule has 0 N–H and O–H groups in total. The van der Waals surface area contributed by atoms with Gasteiger partial charge in [-0.15, -0.1) is 0 Å².